The molecule has 0 atom stereocenters. The van der Waals surface area contributed by atoms with Gasteiger partial charge in [0.25, 0.3) is 0 Å². The number of aromatic nitrogens is 4. The molecular formula is C68H60BClN4O2S. The molecule has 15 rings (SSSR count). The minimum Gasteiger partial charge on any atom is -0.399 e. The van der Waals surface area contributed by atoms with E-state index in [2.05, 4.69) is 180 Å². The van der Waals surface area contributed by atoms with Gasteiger partial charge in [0.2, 0.25) is 0 Å². The molecule has 6 aromatic heterocycles. The highest BCUT2D eigenvalue weighted by molar-refractivity contribution is 7.79. The number of hydrogen-bond donors (Lipinski definition) is 1. The Morgan fingerprint density at radius 1 is 0.481 bits per heavy atom. The number of fused-ring (bicyclic) bond motifs is 12. The molecule has 1 aliphatic rings. The van der Waals surface area contributed by atoms with E-state index in [9.17, 15) is 0 Å². The lowest BCUT2D eigenvalue weighted by Gasteiger charge is -2.32. The van der Waals surface area contributed by atoms with Gasteiger partial charge in [-0.3, -0.25) is 4.98 Å². The van der Waals surface area contributed by atoms with Gasteiger partial charge in [-0.15, -0.1) is 0 Å². The lowest BCUT2D eigenvalue weighted by atomic mass is 9.78. The predicted molar refractivity (Wildman–Crippen MR) is 332 cm³/mol. The third-order valence-corrected chi connectivity index (χ3v) is 15.2. The Hall–Kier alpha value is -7.72. The Labute approximate surface area is 475 Å². The van der Waals surface area contributed by atoms with Crippen LogP contribution in [0.2, 0.25) is 5.15 Å². The van der Waals surface area contributed by atoms with Crippen molar-refractivity contribution in [1.82, 2.24) is 18.8 Å². The van der Waals surface area contributed by atoms with Crippen molar-refractivity contribution in [2.24, 2.45) is 0 Å². The van der Waals surface area contributed by atoms with Gasteiger partial charge in [-0.05, 0) is 118 Å². The summed E-state index contributed by atoms with van der Waals surface area (Å²) in [5, 5.41) is 10.3. The standard InChI is InChI=1S/C30H20N2.C24H22BNO2.C12H10ClN.CH4S.CH4/c1-19-16-27(31-18-26(19)20-8-3-2-4-9-20)21-14-15-29-25(17-21)24-12-7-11-23-22-10-5-6-13-28(22)32(29)30(23)24;1-23(2)24(3,4)28-25(27-23)15-12-13-21-19(14-15)18-10-7-9-17-16-8-5-6-11-20(16)26(21)22(17)18;1-9-7-12(13)14-8-11(9)10-5-3-2-4-6-10;1-2;/h2-18H,1H3;5-14H,1-4H3;2-8H,1H3;2H,1H3;1H4/i2D,3D,4D,8D,9D;;2D,3D,4D,5D,6D;;. The van der Waals surface area contributed by atoms with Crippen molar-refractivity contribution in [3.8, 4) is 33.5 Å². The van der Waals surface area contributed by atoms with Gasteiger partial charge in [-0.1, -0.05) is 170 Å². The Kier molecular flexibility index (Phi) is 10.7. The van der Waals surface area contributed by atoms with Crippen LogP contribution < -0.4 is 5.46 Å². The summed E-state index contributed by atoms with van der Waals surface area (Å²) in [5.74, 6) is 0. The van der Waals surface area contributed by atoms with Crippen molar-refractivity contribution in [2.75, 3.05) is 6.26 Å². The van der Waals surface area contributed by atoms with Crippen LogP contribution >= 0.6 is 24.2 Å². The zero-order valence-corrected chi connectivity index (χ0v) is 44.5. The number of hydrogen-bond acceptors (Lipinski definition) is 5. The van der Waals surface area contributed by atoms with E-state index in [0.29, 0.717) is 21.8 Å². The second kappa shape index (κ2) is 20.3. The molecule has 380 valence electrons. The topological polar surface area (TPSA) is 53.1 Å². The molecule has 1 saturated heterocycles. The van der Waals surface area contributed by atoms with E-state index < -0.39 is 12.1 Å². The van der Waals surface area contributed by atoms with Crippen LogP contribution in [-0.4, -0.2) is 43.3 Å². The first kappa shape index (κ1) is 40.5. The molecule has 9 heteroatoms. The van der Waals surface area contributed by atoms with Crippen LogP contribution in [0.5, 0.6) is 0 Å². The number of para-hydroxylation sites is 4. The second-order valence-corrected chi connectivity index (χ2v) is 20.3. The van der Waals surface area contributed by atoms with Crippen LogP contribution in [-0.2, 0) is 9.31 Å². The fraction of sp³-hybridized carbons (Fsp3) is 0.147. The molecule has 8 aromatic carbocycles. The molecule has 1 aliphatic heterocycles. The van der Waals surface area contributed by atoms with E-state index >= 15 is 0 Å². The number of aryl methyl sites for hydroxylation is 2. The SMILES string of the molecule is C.CC1(C)OB(c2ccc3c(c2)c2cccc4c5ccccc5n3c42)OC1(C)C.CS.[2H]c1c([2H])c([2H])c(-c2cnc(-c3ccc4c(c3)c3cccc5c6ccccc6n4c53)cc2C)c([2H])c1[2H].[2H]c1c([2H])c([2H])c(-c2cnc(Cl)cc2C)c([2H])c1[2H]. The largest absolute Gasteiger partial charge is 0.494 e. The highest BCUT2D eigenvalue weighted by Gasteiger charge is 2.51. The Bertz CT molecular complexity index is 5000. The van der Waals surface area contributed by atoms with Crippen LogP contribution in [0.1, 0.15) is 60.0 Å². The minimum atomic E-state index is -0.404. The normalized spacial score (nSPS) is 15.6. The van der Waals surface area contributed by atoms with Crippen molar-refractivity contribution in [3.63, 3.8) is 0 Å². The second-order valence-electron chi connectivity index (χ2n) is 19.9. The molecule has 7 heterocycles. The van der Waals surface area contributed by atoms with Gasteiger partial charge in [0, 0.05) is 72.2 Å². The maximum Gasteiger partial charge on any atom is 0.494 e. The van der Waals surface area contributed by atoms with Crippen LogP contribution in [0.25, 0.3) is 110 Å². The van der Waals surface area contributed by atoms with Crippen LogP contribution in [0.4, 0.5) is 0 Å². The first-order valence-electron chi connectivity index (χ1n) is 30.0. The van der Waals surface area contributed by atoms with Gasteiger partial charge in [-0.25, -0.2) is 4.98 Å². The molecule has 0 spiro atoms. The third kappa shape index (κ3) is 8.74. The van der Waals surface area contributed by atoms with Gasteiger partial charge in [0.05, 0.1) is 63.7 Å². The van der Waals surface area contributed by atoms with Crippen LogP contribution in [0.3, 0.4) is 0 Å². The molecule has 0 unspecified atom stereocenters. The van der Waals surface area contributed by atoms with Crippen molar-refractivity contribution >= 4 is 113 Å². The molecule has 0 bridgehead atoms. The van der Waals surface area contributed by atoms with Gasteiger partial charge in [0.15, 0.2) is 0 Å². The Morgan fingerprint density at radius 3 is 1.42 bits per heavy atom. The van der Waals surface area contributed by atoms with Crippen LogP contribution in [0, 0.1) is 13.8 Å². The summed E-state index contributed by atoms with van der Waals surface area (Å²) in [6.07, 6.45) is 4.73. The first-order chi connectivity index (χ1) is 41.1. The van der Waals surface area contributed by atoms with E-state index in [4.69, 9.17) is 34.6 Å². The number of thiol groups is 1. The summed E-state index contributed by atoms with van der Waals surface area (Å²) in [5.41, 5.74) is 12.3. The summed E-state index contributed by atoms with van der Waals surface area (Å²) < 4.78 is 96.5. The first-order valence-corrected chi connectivity index (χ1v) is 26.2. The quantitative estimate of drug-likeness (QED) is 0.108. The molecule has 0 aliphatic carbocycles. The van der Waals surface area contributed by atoms with Crippen molar-refractivity contribution in [1.29, 1.82) is 0 Å². The van der Waals surface area contributed by atoms with E-state index in [1.807, 2.05) is 13.0 Å². The maximum absolute atomic E-state index is 8.33. The smallest absolute Gasteiger partial charge is 0.399 e. The molecule has 1 fully saturated rings. The lowest BCUT2D eigenvalue weighted by Crippen LogP contribution is -2.41. The summed E-state index contributed by atoms with van der Waals surface area (Å²) >= 11 is 9.29. The zero-order chi connectivity index (χ0) is 61.2. The molecule has 0 N–H and O–H groups in total. The summed E-state index contributed by atoms with van der Waals surface area (Å²) in [6, 6.07) is 43.5. The average molecular weight is 1050 g/mol. The molecule has 77 heavy (non-hydrogen) atoms. The fourth-order valence-electron chi connectivity index (χ4n) is 10.7. The molecule has 0 saturated carbocycles. The molecule has 14 aromatic rings. The van der Waals surface area contributed by atoms with Gasteiger partial charge < -0.3 is 18.1 Å². The maximum atomic E-state index is 8.33. The Balaban J connectivity index is 0.000000139. The molecule has 0 radical (unpaired) electrons. The van der Waals surface area contributed by atoms with Gasteiger partial charge >= 0.3 is 7.12 Å². The number of halogens is 1. The summed E-state index contributed by atoms with van der Waals surface area (Å²) in [7, 11) is -0.341. The molecule has 6 nitrogen and oxygen atoms in total. The average Bonchev–Trinajstić information content (AvgIpc) is 1.57. The highest BCUT2D eigenvalue weighted by Crippen LogP contribution is 2.42. The van der Waals surface area contributed by atoms with Crippen molar-refractivity contribution < 1.29 is 23.0 Å². The number of pyridine rings is 2. The minimum absolute atomic E-state index is 0. The monoisotopic (exact) mass is 1050 g/mol. The van der Waals surface area contributed by atoms with E-state index in [1.165, 1.54) is 71.5 Å². The van der Waals surface area contributed by atoms with Crippen LogP contribution in [0.15, 0.2) is 206 Å². The van der Waals surface area contributed by atoms with E-state index in [1.54, 1.807) is 25.4 Å². The van der Waals surface area contributed by atoms with E-state index in [0.717, 1.165) is 33.2 Å². The van der Waals surface area contributed by atoms with E-state index in [-0.39, 0.29) is 85.2 Å². The molecule has 0 amide bonds. The van der Waals surface area contributed by atoms with Gasteiger partial charge in [0.1, 0.15) is 5.15 Å². The lowest BCUT2D eigenvalue weighted by molar-refractivity contribution is 0.00578. The fourth-order valence-corrected chi connectivity index (χ4v) is 10.9. The summed E-state index contributed by atoms with van der Waals surface area (Å²) in [4.78, 5) is 8.58. The number of rotatable bonds is 4. The number of nitrogens with zero attached hydrogens (tertiary/aromatic N) is 4. The third-order valence-electron chi connectivity index (χ3n) is 15.0. The molecular weight excluding hydrogens is 983 g/mol. The summed E-state index contributed by atoms with van der Waals surface area (Å²) in [6.45, 7) is 12.0. The van der Waals surface area contributed by atoms with Gasteiger partial charge in [-0.2, -0.15) is 12.6 Å². The Morgan fingerprint density at radius 2 is 0.909 bits per heavy atom. The number of benzene rings is 8. The van der Waals surface area contributed by atoms with Crippen molar-refractivity contribution in [3.05, 3.63) is 223 Å². The highest BCUT2D eigenvalue weighted by atomic mass is 35.5. The zero-order valence-electron chi connectivity index (χ0n) is 52.9. The predicted octanol–water partition coefficient (Wildman–Crippen LogP) is 17.9. The van der Waals surface area contributed by atoms with Crippen molar-refractivity contribution in [2.45, 2.75) is 60.2 Å².